The Balaban J connectivity index is 3.00. The number of nitro groups is 1. The molecule has 92 valence electrons. The molecule has 1 aromatic carbocycles. The Kier molecular flexibility index (Phi) is 4.33. The molecule has 0 saturated carbocycles. The minimum Gasteiger partial charge on any atom is -0.382 e. The molecule has 1 aromatic rings. The molecular weight excluding hydrogens is 304 g/mol. The van der Waals surface area contributed by atoms with Gasteiger partial charge in [-0.3, -0.25) is 20.9 Å². The maximum absolute atomic E-state index is 10.7. The number of hydrogen-bond acceptors (Lipinski definition) is 6. The van der Waals surface area contributed by atoms with Crippen molar-refractivity contribution in [2.45, 2.75) is 0 Å². The van der Waals surface area contributed by atoms with E-state index in [4.69, 9.17) is 16.4 Å². The normalized spacial score (nSPS) is 10.6. The van der Waals surface area contributed by atoms with Gasteiger partial charge in [-0.25, -0.2) is 0 Å². The summed E-state index contributed by atoms with van der Waals surface area (Å²) in [6, 6.07) is 5.85. The quantitative estimate of drug-likeness (QED) is 0.335. The highest BCUT2D eigenvalue weighted by molar-refractivity contribution is 9.10. The molecule has 0 aromatic heterocycles. The lowest BCUT2D eigenvalue weighted by atomic mass is 10.3. The maximum atomic E-state index is 10.7. The highest BCUT2D eigenvalue weighted by atomic mass is 79.9. The first kappa shape index (κ1) is 13.6. The van der Waals surface area contributed by atoms with Crippen molar-refractivity contribution in [2.24, 2.45) is 10.8 Å². The molecule has 0 spiro atoms. The number of hydrazone groups is 1. The van der Waals surface area contributed by atoms with Crippen LogP contribution in [0.2, 0.25) is 0 Å². The van der Waals surface area contributed by atoms with Crippen LogP contribution in [-0.2, 0) is 0 Å². The van der Waals surface area contributed by atoms with Gasteiger partial charge in [0.05, 0.1) is 15.1 Å². The summed E-state index contributed by atoms with van der Waals surface area (Å²) in [5.41, 5.74) is 7.36. The van der Waals surface area contributed by atoms with Gasteiger partial charge in [0.2, 0.25) is 5.71 Å². The number of nitro benzene ring substituents is 1. The minimum absolute atomic E-state index is 0.142. The second-order valence-corrected chi connectivity index (χ2v) is 3.88. The molecule has 0 heterocycles. The van der Waals surface area contributed by atoms with Crippen LogP contribution in [-0.4, -0.2) is 16.5 Å². The second kappa shape index (κ2) is 5.74. The zero-order chi connectivity index (χ0) is 13.7. The summed E-state index contributed by atoms with van der Waals surface area (Å²) in [6.07, 6.45) is 0. The van der Waals surface area contributed by atoms with Crippen molar-refractivity contribution in [3.63, 3.8) is 0 Å². The van der Waals surface area contributed by atoms with Crippen molar-refractivity contribution in [3.8, 4) is 6.07 Å². The number of halogens is 1. The van der Waals surface area contributed by atoms with Crippen molar-refractivity contribution in [3.05, 3.63) is 32.8 Å². The zero-order valence-corrected chi connectivity index (χ0v) is 10.4. The number of nitrogens with two attached hydrogens (primary N) is 1. The van der Waals surface area contributed by atoms with Crippen LogP contribution >= 0.6 is 15.9 Å². The van der Waals surface area contributed by atoms with Gasteiger partial charge in [-0.05, 0) is 28.1 Å². The van der Waals surface area contributed by atoms with Crippen molar-refractivity contribution in [1.82, 2.24) is 0 Å². The summed E-state index contributed by atoms with van der Waals surface area (Å²) in [7, 11) is 0. The smallest absolute Gasteiger partial charge is 0.285 e. The number of nitrogens with one attached hydrogen (secondary N) is 2. The average molecular weight is 311 g/mol. The van der Waals surface area contributed by atoms with Gasteiger partial charge >= 0.3 is 0 Å². The molecule has 0 aliphatic heterocycles. The highest BCUT2D eigenvalue weighted by Gasteiger charge is 2.12. The molecule has 0 aliphatic rings. The van der Waals surface area contributed by atoms with Crippen molar-refractivity contribution >= 4 is 38.9 Å². The molecule has 0 unspecified atom stereocenters. The van der Waals surface area contributed by atoms with E-state index in [0.717, 1.165) is 0 Å². The Morgan fingerprint density at radius 3 is 2.83 bits per heavy atom. The molecule has 9 heteroatoms. The van der Waals surface area contributed by atoms with E-state index in [1.807, 2.05) is 0 Å². The predicted molar refractivity (Wildman–Crippen MR) is 69.4 cm³/mol. The van der Waals surface area contributed by atoms with E-state index in [9.17, 15) is 10.1 Å². The molecule has 0 bridgehead atoms. The minimum atomic E-state index is -0.560. The number of benzene rings is 1. The predicted octanol–water partition coefficient (Wildman–Crippen LogP) is 1.58. The third-order valence-corrected chi connectivity index (χ3v) is 2.47. The Labute approximate surface area is 110 Å². The lowest BCUT2D eigenvalue weighted by Gasteiger charge is -2.02. The lowest BCUT2D eigenvalue weighted by Crippen LogP contribution is -2.21. The molecule has 0 fully saturated rings. The molecule has 1 rings (SSSR count). The molecule has 0 saturated heterocycles. The highest BCUT2D eigenvalue weighted by Crippen LogP contribution is 2.27. The Bertz CT molecular complexity index is 577. The summed E-state index contributed by atoms with van der Waals surface area (Å²) < 4.78 is 0.328. The van der Waals surface area contributed by atoms with Gasteiger partial charge in [-0.15, -0.1) is 0 Å². The van der Waals surface area contributed by atoms with Gasteiger partial charge in [0.1, 0.15) is 6.07 Å². The van der Waals surface area contributed by atoms with E-state index < -0.39 is 10.8 Å². The van der Waals surface area contributed by atoms with Gasteiger partial charge in [-0.1, -0.05) is 0 Å². The summed E-state index contributed by atoms with van der Waals surface area (Å²) in [4.78, 5) is 10.1. The average Bonchev–Trinajstić information content (AvgIpc) is 2.31. The Morgan fingerprint density at radius 2 is 2.33 bits per heavy atom. The van der Waals surface area contributed by atoms with Gasteiger partial charge < -0.3 is 5.73 Å². The number of nitrogens with zero attached hydrogens (tertiary/aromatic N) is 3. The monoisotopic (exact) mass is 310 g/mol. The number of hydrogen-bond donors (Lipinski definition) is 3. The van der Waals surface area contributed by atoms with Gasteiger partial charge in [0.15, 0.2) is 5.84 Å². The molecule has 8 nitrogen and oxygen atoms in total. The van der Waals surface area contributed by atoms with Crippen LogP contribution in [0.15, 0.2) is 27.8 Å². The third-order valence-electron chi connectivity index (χ3n) is 1.80. The van der Waals surface area contributed by atoms with Crippen LogP contribution in [0.5, 0.6) is 0 Å². The zero-order valence-electron chi connectivity index (χ0n) is 8.85. The summed E-state index contributed by atoms with van der Waals surface area (Å²) in [5, 5.41) is 29.9. The number of rotatable bonds is 4. The van der Waals surface area contributed by atoms with Crippen LogP contribution in [0.4, 0.5) is 11.4 Å². The van der Waals surface area contributed by atoms with Crippen LogP contribution in [0.25, 0.3) is 0 Å². The molecule has 4 N–H and O–H groups in total. The van der Waals surface area contributed by atoms with Crippen LogP contribution in [0.1, 0.15) is 0 Å². The van der Waals surface area contributed by atoms with Gasteiger partial charge in [0.25, 0.3) is 5.69 Å². The number of anilines is 1. The molecule has 0 amide bonds. The fourth-order valence-electron chi connectivity index (χ4n) is 0.988. The van der Waals surface area contributed by atoms with Gasteiger partial charge in [0, 0.05) is 6.07 Å². The van der Waals surface area contributed by atoms with Crippen LogP contribution < -0.4 is 11.2 Å². The van der Waals surface area contributed by atoms with Gasteiger partial charge in [-0.2, -0.15) is 10.4 Å². The van der Waals surface area contributed by atoms with E-state index in [1.54, 1.807) is 6.07 Å². The van der Waals surface area contributed by atoms with E-state index in [0.29, 0.717) is 10.2 Å². The largest absolute Gasteiger partial charge is 0.382 e. The van der Waals surface area contributed by atoms with E-state index >= 15 is 0 Å². The second-order valence-electron chi connectivity index (χ2n) is 3.02. The first-order valence-electron chi connectivity index (χ1n) is 4.48. The molecular formula is C9H7BrN6O2. The summed E-state index contributed by atoms with van der Waals surface area (Å²) in [5.74, 6) is -0.489. The number of nitriles is 1. The molecule has 0 aliphatic carbocycles. The first-order chi connectivity index (χ1) is 8.45. The topological polar surface area (TPSA) is 141 Å². The van der Waals surface area contributed by atoms with Crippen LogP contribution in [0, 0.1) is 26.9 Å². The fourth-order valence-corrected chi connectivity index (χ4v) is 1.38. The van der Waals surface area contributed by atoms with Crippen molar-refractivity contribution in [1.29, 1.82) is 10.7 Å². The molecule has 0 atom stereocenters. The molecule has 0 radical (unpaired) electrons. The summed E-state index contributed by atoms with van der Waals surface area (Å²) in [6.45, 7) is 0. The maximum Gasteiger partial charge on any atom is 0.285 e. The third kappa shape index (κ3) is 3.26. The van der Waals surface area contributed by atoms with E-state index in [-0.39, 0.29) is 11.4 Å². The fraction of sp³-hybridized carbons (Fsp3) is 0. The summed E-state index contributed by atoms with van der Waals surface area (Å²) >= 11 is 3.04. The lowest BCUT2D eigenvalue weighted by molar-refractivity contribution is -0.385. The van der Waals surface area contributed by atoms with Crippen molar-refractivity contribution in [2.75, 3.05) is 5.43 Å². The first-order valence-corrected chi connectivity index (χ1v) is 5.27. The van der Waals surface area contributed by atoms with Crippen LogP contribution in [0.3, 0.4) is 0 Å². The van der Waals surface area contributed by atoms with E-state index in [2.05, 4.69) is 26.5 Å². The standard InChI is InChI=1S/C9H7BrN6O2/c10-6-2-1-5(3-8(6)16(17)18)14-15-7(4-11)9(12)13/h1-3,14H,(H3,12,13)/b15-7+. The Morgan fingerprint density at radius 1 is 1.67 bits per heavy atom. The SMILES string of the molecule is N#C/C(=N\Nc1ccc(Br)c([N+](=O)[O-])c1)C(=N)N. The number of amidine groups is 1. The van der Waals surface area contributed by atoms with E-state index in [1.165, 1.54) is 18.2 Å². The molecule has 18 heavy (non-hydrogen) atoms. The Hall–Kier alpha value is -2.47. The van der Waals surface area contributed by atoms with Crippen molar-refractivity contribution < 1.29 is 4.92 Å².